The molecule has 0 aromatic heterocycles. The molecular weight excluding hydrogens is 435 g/mol. The standard InChI is InChI=1S/C18H19IN2O4/c1-2-17(20)21(19)16(18(23)24)11-12-3-7-14(8-4-12)25-15-9-5-13(22)6-10-15/h2-10,16-17,22H,1,11,20H2,(H,23,24). The zero-order valence-corrected chi connectivity index (χ0v) is 15.5. The Balaban J connectivity index is 2.06. The molecule has 0 aliphatic carbocycles. The summed E-state index contributed by atoms with van der Waals surface area (Å²) in [6, 6.07) is 12.8. The number of ether oxygens (including phenoxy) is 1. The van der Waals surface area contributed by atoms with Crippen LogP contribution in [0, 0.1) is 0 Å². The van der Waals surface area contributed by atoms with Gasteiger partial charge in [-0.3, -0.25) is 4.79 Å². The number of phenolic OH excluding ortho intramolecular Hbond substituents is 1. The third-order valence-corrected chi connectivity index (χ3v) is 4.85. The Hall–Kier alpha value is -2.10. The number of hydrogen-bond acceptors (Lipinski definition) is 5. The van der Waals surface area contributed by atoms with Crippen molar-refractivity contribution < 1.29 is 19.7 Å². The summed E-state index contributed by atoms with van der Waals surface area (Å²) in [4.78, 5) is 11.5. The van der Waals surface area contributed by atoms with Crippen molar-refractivity contribution in [2.45, 2.75) is 18.6 Å². The van der Waals surface area contributed by atoms with Crippen LogP contribution in [0.5, 0.6) is 17.2 Å². The third kappa shape index (κ3) is 5.45. The number of carboxylic acid groups (broad SMARTS) is 1. The molecule has 0 saturated heterocycles. The van der Waals surface area contributed by atoms with Crippen LogP contribution >= 0.6 is 22.9 Å². The molecule has 4 N–H and O–H groups in total. The lowest BCUT2D eigenvalue weighted by Crippen LogP contribution is -2.45. The highest BCUT2D eigenvalue weighted by Crippen LogP contribution is 2.24. The molecule has 0 spiro atoms. The van der Waals surface area contributed by atoms with E-state index in [9.17, 15) is 15.0 Å². The van der Waals surface area contributed by atoms with Crippen LogP contribution in [-0.2, 0) is 11.2 Å². The SMILES string of the molecule is C=CC(N)N(I)C(Cc1ccc(Oc2ccc(O)cc2)cc1)C(=O)O. The maximum Gasteiger partial charge on any atom is 0.322 e. The zero-order valence-electron chi connectivity index (χ0n) is 13.4. The Bertz CT molecular complexity index is 719. The average molecular weight is 454 g/mol. The Morgan fingerprint density at radius 1 is 1.20 bits per heavy atom. The van der Waals surface area contributed by atoms with Gasteiger partial charge in [0.1, 0.15) is 23.3 Å². The molecule has 2 rings (SSSR count). The number of nitrogens with zero attached hydrogens (tertiary/aromatic N) is 1. The van der Waals surface area contributed by atoms with Crippen LogP contribution in [0.3, 0.4) is 0 Å². The Morgan fingerprint density at radius 3 is 2.20 bits per heavy atom. The summed E-state index contributed by atoms with van der Waals surface area (Å²) < 4.78 is 7.21. The molecule has 0 heterocycles. The first-order valence-corrected chi connectivity index (χ1v) is 8.48. The summed E-state index contributed by atoms with van der Waals surface area (Å²) in [6.45, 7) is 3.59. The number of rotatable bonds is 8. The van der Waals surface area contributed by atoms with Crippen LogP contribution in [0.2, 0.25) is 0 Å². The molecule has 0 aliphatic rings. The molecule has 0 saturated carbocycles. The van der Waals surface area contributed by atoms with E-state index in [4.69, 9.17) is 10.5 Å². The molecule has 7 heteroatoms. The zero-order chi connectivity index (χ0) is 18.4. The molecule has 0 fully saturated rings. The largest absolute Gasteiger partial charge is 0.508 e. The number of benzene rings is 2. The minimum Gasteiger partial charge on any atom is -0.508 e. The highest BCUT2D eigenvalue weighted by atomic mass is 127. The predicted octanol–water partition coefficient (Wildman–Crippen LogP) is 3.30. The fourth-order valence-electron chi connectivity index (χ4n) is 2.16. The van der Waals surface area contributed by atoms with Crippen molar-refractivity contribution in [3.05, 3.63) is 66.7 Å². The lowest BCUT2D eigenvalue weighted by Gasteiger charge is -2.26. The van der Waals surface area contributed by atoms with Crippen molar-refractivity contribution in [2.75, 3.05) is 0 Å². The molecule has 0 amide bonds. The minimum atomic E-state index is -0.948. The van der Waals surface area contributed by atoms with Gasteiger partial charge in [0.2, 0.25) is 0 Å². The number of aliphatic carboxylic acids is 1. The molecular formula is C18H19IN2O4. The van der Waals surface area contributed by atoms with Crippen molar-refractivity contribution in [2.24, 2.45) is 5.73 Å². The molecule has 0 radical (unpaired) electrons. The highest BCUT2D eigenvalue weighted by molar-refractivity contribution is 14.1. The summed E-state index contributed by atoms with van der Waals surface area (Å²) >= 11 is 1.91. The van der Waals surface area contributed by atoms with Gasteiger partial charge in [-0.1, -0.05) is 18.2 Å². The van der Waals surface area contributed by atoms with Crippen LogP contribution in [-0.4, -0.2) is 31.5 Å². The lowest BCUT2D eigenvalue weighted by atomic mass is 10.1. The summed E-state index contributed by atoms with van der Waals surface area (Å²) in [5.74, 6) is 0.444. The van der Waals surface area contributed by atoms with Crippen LogP contribution in [0.4, 0.5) is 0 Å². The van der Waals surface area contributed by atoms with Crippen LogP contribution in [0.25, 0.3) is 0 Å². The van der Waals surface area contributed by atoms with Crippen LogP contribution < -0.4 is 10.5 Å². The van der Waals surface area contributed by atoms with E-state index in [1.54, 1.807) is 36.4 Å². The van der Waals surface area contributed by atoms with Gasteiger partial charge in [0.05, 0.1) is 6.17 Å². The molecule has 2 unspecified atom stereocenters. The van der Waals surface area contributed by atoms with Gasteiger partial charge in [-0.15, -0.1) is 6.58 Å². The summed E-state index contributed by atoms with van der Waals surface area (Å²) in [7, 11) is 0. The fourth-order valence-corrected chi connectivity index (χ4v) is 2.82. The van der Waals surface area contributed by atoms with E-state index in [1.807, 2.05) is 35.0 Å². The van der Waals surface area contributed by atoms with E-state index in [0.717, 1.165) is 5.56 Å². The molecule has 2 aromatic carbocycles. The molecule has 2 aromatic rings. The summed E-state index contributed by atoms with van der Waals surface area (Å²) in [5, 5.41) is 18.7. The first-order valence-electron chi connectivity index (χ1n) is 7.51. The second kappa shape index (κ2) is 8.84. The van der Waals surface area contributed by atoms with Gasteiger partial charge in [0.25, 0.3) is 0 Å². The Morgan fingerprint density at radius 2 is 1.72 bits per heavy atom. The van der Waals surface area contributed by atoms with Gasteiger partial charge in [0.15, 0.2) is 0 Å². The first-order chi connectivity index (χ1) is 11.9. The molecule has 0 aliphatic heterocycles. The van der Waals surface area contributed by atoms with E-state index in [1.165, 1.54) is 9.19 Å². The molecule has 6 nitrogen and oxygen atoms in total. The van der Waals surface area contributed by atoms with E-state index in [2.05, 4.69) is 6.58 Å². The number of halogens is 1. The van der Waals surface area contributed by atoms with E-state index >= 15 is 0 Å². The number of phenols is 1. The predicted molar refractivity (Wildman–Crippen MR) is 104 cm³/mol. The third-order valence-electron chi connectivity index (χ3n) is 3.53. The van der Waals surface area contributed by atoms with Gasteiger partial charge < -0.3 is 20.7 Å². The lowest BCUT2D eigenvalue weighted by molar-refractivity contribution is -0.141. The highest BCUT2D eigenvalue weighted by Gasteiger charge is 2.27. The van der Waals surface area contributed by atoms with Gasteiger partial charge in [-0.05, 0) is 48.4 Å². The van der Waals surface area contributed by atoms with Gasteiger partial charge in [0, 0.05) is 22.9 Å². The van der Waals surface area contributed by atoms with Crippen molar-refractivity contribution >= 4 is 28.8 Å². The number of aromatic hydroxyl groups is 1. The maximum atomic E-state index is 11.5. The second-order valence-electron chi connectivity index (χ2n) is 5.37. The van der Waals surface area contributed by atoms with E-state index in [-0.39, 0.29) is 5.75 Å². The number of carbonyl (C=O) groups is 1. The summed E-state index contributed by atoms with van der Waals surface area (Å²) in [6.07, 6.45) is 1.26. The van der Waals surface area contributed by atoms with Crippen molar-refractivity contribution in [1.82, 2.24) is 3.11 Å². The number of carboxylic acids is 1. The van der Waals surface area contributed by atoms with Crippen molar-refractivity contribution in [1.29, 1.82) is 0 Å². The quantitative estimate of drug-likeness (QED) is 0.245. The number of nitrogens with two attached hydrogens (primary N) is 1. The van der Waals surface area contributed by atoms with Gasteiger partial charge >= 0.3 is 5.97 Å². The Kier molecular flexibility index (Phi) is 6.80. The molecule has 25 heavy (non-hydrogen) atoms. The Labute approximate surface area is 160 Å². The van der Waals surface area contributed by atoms with E-state index in [0.29, 0.717) is 17.9 Å². The molecule has 2 atom stereocenters. The monoisotopic (exact) mass is 454 g/mol. The van der Waals surface area contributed by atoms with Crippen molar-refractivity contribution in [3.63, 3.8) is 0 Å². The maximum absolute atomic E-state index is 11.5. The molecule has 0 bridgehead atoms. The smallest absolute Gasteiger partial charge is 0.322 e. The second-order valence-corrected chi connectivity index (χ2v) is 6.48. The van der Waals surface area contributed by atoms with Crippen LogP contribution in [0.15, 0.2) is 61.2 Å². The van der Waals surface area contributed by atoms with Crippen LogP contribution in [0.1, 0.15) is 5.56 Å². The summed E-state index contributed by atoms with van der Waals surface area (Å²) in [5.41, 5.74) is 6.68. The topological polar surface area (TPSA) is 96.0 Å². The van der Waals surface area contributed by atoms with Gasteiger partial charge in [-0.25, -0.2) is 3.11 Å². The molecule has 132 valence electrons. The fraction of sp³-hybridized carbons (Fsp3) is 0.167. The average Bonchev–Trinajstić information content (AvgIpc) is 2.61. The van der Waals surface area contributed by atoms with E-state index < -0.39 is 18.2 Å². The normalized spacial score (nSPS) is 13.2. The van der Waals surface area contributed by atoms with Crippen molar-refractivity contribution in [3.8, 4) is 17.2 Å². The first kappa shape index (κ1) is 19.2. The minimum absolute atomic E-state index is 0.170. The number of hydrogen-bond donors (Lipinski definition) is 3. The van der Waals surface area contributed by atoms with Gasteiger partial charge in [-0.2, -0.15) is 0 Å².